The van der Waals surface area contributed by atoms with Crippen molar-refractivity contribution < 1.29 is 14.3 Å². The van der Waals surface area contributed by atoms with Gasteiger partial charge in [-0.25, -0.2) is 9.97 Å². The molecule has 7 nitrogen and oxygen atoms in total. The van der Waals surface area contributed by atoms with Crippen LogP contribution in [0.4, 0.5) is 5.95 Å². The van der Waals surface area contributed by atoms with Crippen LogP contribution in [0, 0.1) is 6.92 Å². The Balaban J connectivity index is 2.06. The van der Waals surface area contributed by atoms with Gasteiger partial charge in [0.15, 0.2) is 0 Å². The normalized spacial score (nSPS) is 10.3. The Labute approximate surface area is 141 Å². The molecule has 0 spiro atoms. The minimum atomic E-state index is -0.252. The lowest BCUT2D eigenvalue weighted by Gasteiger charge is -2.11. The molecule has 0 aliphatic carbocycles. The molecule has 2 aromatic rings. The van der Waals surface area contributed by atoms with E-state index in [1.807, 2.05) is 31.2 Å². The van der Waals surface area contributed by atoms with Gasteiger partial charge in [-0.1, -0.05) is 18.2 Å². The molecule has 0 fully saturated rings. The molecule has 0 saturated heterocycles. The van der Waals surface area contributed by atoms with E-state index in [-0.39, 0.29) is 5.91 Å². The average Bonchev–Trinajstić information content (AvgIpc) is 2.59. The molecule has 0 saturated carbocycles. The van der Waals surface area contributed by atoms with Crippen molar-refractivity contribution in [1.82, 2.24) is 15.3 Å². The van der Waals surface area contributed by atoms with Crippen molar-refractivity contribution in [2.24, 2.45) is 0 Å². The van der Waals surface area contributed by atoms with Crippen molar-refractivity contribution in [3.63, 3.8) is 0 Å². The first kappa shape index (κ1) is 17.7. The maximum absolute atomic E-state index is 12.1. The van der Waals surface area contributed by atoms with Gasteiger partial charge in [0.05, 0.1) is 13.7 Å². The second-order valence-electron chi connectivity index (χ2n) is 5.13. The maximum atomic E-state index is 12.1. The Morgan fingerprint density at radius 1 is 1.21 bits per heavy atom. The summed E-state index contributed by atoms with van der Waals surface area (Å²) in [7, 11) is 3.21. The lowest BCUT2D eigenvalue weighted by molar-refractivity contribution is 0.0932. The van der Waals surface area contributed by atoms with Crippen LogP contribution in [0.2, 0.25) is 0 Å². The first-order valence-corrected chi connectivity index (χ1v) is 7.62. The van der Waals surface area contributed by atoms with Crippen molar-refractivity contribution >= 4 is 11.9 Å². The summed E-state index contributed by atoms with van der Waals surface area (Å²) in [5.74, 6) is 0.936. The molecule has 0 aliphatic rings. The fourth-order valence-electron chi connectivity index (χ4n) is 2.14. The lowest BCUT2D eigenvalue weighted by Crippen LogP contribution is -2.28. The quantitative estimate of drug-likeness (QED) is 0.718. The monoisotopic (exact) mass is 330 g/mol. The number of aromatic nitrogens is 2. The highest BCUT2D eigenvalue weighted by molar-refractivity contribution is 5.92. The zero-order valence-electron chi connectivity index (χ0n) is 14.1. The Morgan fingerprint density at radius 3 is 2.75 bits per heavy atom. The summed E-state index contributed by atoms with van der Waals surface area (Å²) in [6.07, 6.45) is 0. The molecule has 0 atom stereocenters. The minimum Gasteiger partial charge on any atom is -0.496 e. The van der Waals surface area contributed by atoms with E-state index in [0.717, 1.165) is 11.3 Å². The van der Waals surface area contributed by atoms with E-state index in [2.05, 4.69) is 20.6 Å². The topological polar surface area (TPSA) is 85.4 Å². The number of anilines is 1. The summed E-state index contributed by atoms with van der Waals surface area (Å²) in [5.41, 5.74) is 2.02. The van der Waals surface area contributed by atoms with Crippen LogP contribution >= 0.6 is 0 Å². The van der Waals surface area contributed by atoms with Gasteiger partial charge in [-0.15, -0.1) is 0 Å². The molecular weight excluding hydrogens is 308 g/mol. The molecule has 1 aromatic heterocycles. The molecule has 1 amide bonds. The molecule has 2 rings (SSSR count). The number of carbonyl (C=O) groups excluding carboxylic acids is 1. The molecule has 128 valence electrons. The highest BCUT2D eigenvalue weighted by atomic mass is 16.5. The smallest absolute Gasteiger partial charge is 0.270 e. The van der Waals surface area contributed by atoms with E-state index in [0.29, 0.717) is 37.0 Å². The first-order valence-electron chi connectivity index (χ1n) is 7.62. The predicted octanol–water partition coefficient (Wildman–Crippen LogP) is 1.78. The maximum Gasteiger partial charge on any atom is 0.270 e. The van der Waals surface area contributed by atoms with E-state index >= 15 is 0 Å². The fourth-order valence-corrected chi connectivity index (χ4v) is 2.14. The number of benzene rings is 1. The summed E-state index contributed by atoms with van der Waals surface area (Å²) in [5, 5.41) is 5.88. The number of methoxy groups -OCH3 is 2. The standard InChI is InChI=1S/C17H22N4O3/c1-12-10-14(16(22)18-8-9-23-2)21-17(20-12)19-11-13-6-4-5-7-15(13)24-3/h4-7,10H,8-9,11H2,1-3H3,(H,18,22)(H,19,20,21). The number of carbonyl (C=O) groups is 1. The Hall–Kier alpha value is -2.67. The SMILES string of the molecule is COCCNC(=O)c1cc(C)nc(NCc2ccccc2OC)n1. The van der Waals surface area contributed by atoms with Crippen molar-refractivity contribution in [2.45, 2.75) is 13.5 Å². The Bertz CT molecular complexity index is 691. The number of hydrogen-bond acceptors (Lipinski definition) is 6. The van der Waals surface area contributed by atoms with Crippen LogP contribution in [-0.2, 0) is 11.3 Å². The molecule has 0 unspecified atom stereocenters. The van der Waals surface area contributed by atoms with Crippen LogP contribution in [0.3, 0.4) is 0 Å². The van der Waals surface area contributed by atoms with Crippen LogP contribution in [-0.4, -0.2) is 43.2 Å². The van der Waals surface area contributed by atoms with Gasteiger partial charge >= 0.3 is 0 Å². The van der Waals surface area contributed by atoms with E-state index in [1.165, 1.54) is 0 Å². The third kappa shape index (κ3) is 4.92. The summed E-state index contributed by atoms with van der Waals surface area (Å²) in [6, 6.07) is 9.35. The van der Waals surface area contributed by atoms with E-state index in [9.17, 15) is 4.79 Å². The first-order chi connectivity index (χ1) is 11.6. The number of hydrogen-bond donors (Lipinski definition) is 2. The largest absolute Gasteiger partial charge is 0.496 e. The van der Waals surface area contributed by atoms with E-state index in [1.54, 1.807) is 20.3 Å². The van der Waals surface area contributed by atoms with Gasteiger partial charge in [-0.3, -0.25) is 4.79 Å². The van der Waals surface area contributed by atoms with Gasteiger partial charge in [0, 0.05) is 31.5 Å². The van der Waals surface area contributed by atoms with Gasteiger partial charge in [0.25, 0.3) is 5.91 Å². The molecule has 2 N–H and O–H groups in total. The summed E-state index contributed by atoms with van der Waals surface area (Å²) in [4.78, 5) is 20.7. The Morgan fingerprint density at radius 2 is 2.00 bits per heavy atom. The van der Waals surface area contributed by atoms with Crippen LogP contribution < -0.4 is 15.4 Å². The average molecular weight is 330 g/mol. The number of nitrogens with zero attached hydrogens (tertiary/aromatic N) is 2. The fraction of sp³-hybridized carbons (Fsp3) is 0.353. The number of para-hydroxylation sites is 1. The zero-order valence-corrected chi connectivity index (χ0v) is 14.1. The number of rotatable bonds is 8. The molecule has 1 aromatic carbocycles. The van der Waals surface area contributed by atoms with Gasteiger partial charge in [0.2, 0.25) is 5.95 Å². The molecule has 0 bridgehead atoms. The van der Waals surface area contributed by atoms with Crippen LogP contribution in [0.15, 0.2) is 30.3 Å². The zero-order chi connectivity index (χ0) is 17.4. The third-order valence-electron chi connectivity index (χ3n) is 3.31. The molecular formula is C17H22N4O3. The molecule has 7 heteroatoms. The number of ether oxygens (including phenoxy) is 2. The number of nitrogens with one attached hydrogen (secondary N) is 2. The number of aryl methyl sites for hydroxylation is 1. The Kier molecular flexibility index (Phi) is 6.51. The molecule has 0 aliphatic heterocycles. The second kappa shape index (κ2) is 8.83. The lowest BCUT2D eigenvalue weighted by atomic mass is 10.2. The van der Waals surface area contributed by atoms with Crippen LogP contribution in [0.1, 0.15) is 21.7 Å². The predicted molar refractivity (Wildman–Crippen MR) is 91.3 cm³/mol. The van der Waals surface area contributed by atoms with Gasteiger partial charge in [-0.05, 0) is 19.1 Å². The van der Waals surface area contributed by atoms with Crippen molar-refractivity contribution in [2.75, 3.05) is 32.7 Å². The van der Waals surface area contributed by atoms with Crippen molar-refractivity contribution in [3.8, 4) is 5.75 Å². The second-order valence-corrected chi connectivity index (χ2v) is 5.13. The minimum absolute atomic E-state index is 0.252. The van der Waals surface area contributed by atoms with Crippen LogP contribution in [0.25, 0.3) is 0 Å². The van der Waals surface area contributed by atoms with Gasteiger partial charge in [0.1, 0.15) is 11.4 Å². The highest BCUT2D eigenvalue weighted by Gasteiger charge is 2.10. The molecule has 24 heavy (non-hydrogen) atoms. The summed E-state index contributed by atoms with van der Waals surface area (Å²) in [6.45, 7) is 3.21. The summed E-state index contributed by atoms with van der Waals surface area (Å²) >= 11 is 0. The number of amides is 1. The molecule has 1 heterocycles. The highest BCUT2D eigenvalue weighted by Crippen LogP contribution is 2.18. The van der Waals surface area contributed by atoms with E-state index < -0.39 is 0 Å². The van der Waals surface area contributed by atoms with Crippen molar-refractivity contribution in [1.29, 1.82) is 0 Å². The third-order valence-corrected chi connectivity index (χ3v) is 3.31. The van der Waals surface area contributed by atoms with Gasteiger partial charge < -0.3 is 20.1 Å². The van der Waals surface area contributed by atoms with Gasteiger partial charge in [-0.2, -0.15) is 0 Å². The van der Waals surface area contributed by atoms with E-state index in [4.69, 9.17) is 9.47 Å². The van der Waals surface area contributed by atoms with Crippen molar-refractivity contribution in [3.05, 3.63) is 47.3 Å². The van der Waals surface area contributed by atoms with Crippen LogP contribution in [0.5, 0.6) is 5.75 Å². The summed E-state index contributed by atoms with van der Waals surface area (Å²) < 4.78 is 10.2. The molecule has 0 radical (unpaired) electrons.